The largest absolute Gasteiger partial charge is 0.329 e. The molecule has 16 heavy (non-hydrogen) atoms. The zero-order valence-electron chi connectivity index (χ0n) is 9.73. The van der Waals surface area contributed by atoms with Crippen molar-refractivity contribution in [3.05, 3.63) is 30.1 Å². The Bertz CT molecular complexity index is 295. The molecule has 1 aliphatic rings. The van der Waals surface area contributed by atoms with Gasteiger partial charge in [0.15, 0.2) is 0 Å². The summed E-state index contributed by atoms with van der Waals surface area (Å²) in [5.41, 5.74) is 6.97. The fraction of sp³-hybridized carbons (Fsp3) is 0.615. The predicted molar refractivity (Wildman–Crippen MR) is 66.0 cm³/mol. The maximum Gasteiger partial charge on any atom is 0.0459 e. The Kier molecular flexibility index (Phi) is 4.31. The number of pyridine rings is 1. The minimum absolute atomic E-state index is 0.258. The number of hydrogen-bond acceptors (Lipinski definition) is 3. The molecule has 0 bridgehead atoms. The third kappa shape index (κ3) is 3.03. The van der Waals surface area contributed by atoms with Gasteiger partial charge in [-0.2, -0.15) is 0 Å². The number of nitrogens with zero attached hydrogens (tertiary/aromatic N) is 1. The molecule has 3 nitrogen and oxygen atoms in total. The van der Waals surface area contributed by atoms with E-state index in [0.29, 0.717) is 6.54 Å². The normalized spacial score (nSPS) is 18.1. The van der Waals surface area contributed by atoms with Crippen LogP contribution >= 0.6 is 0 Å². The van der Waals surface area contributed by atoms with Crippen LogP contribution in [0.5, 0.6) is 0 Å². The van der Waals surface area contributed by atoms with Gasteiger partial charge in [-0.05, 0) is 30.5 Å². The van der Waals surface area contributed by atoms with E-state index in [1.807, 2.05) is 12.3 Å². The van der Waals surface area contributed by atoms with E-state index in [9.17, 15) is 0 Å². The summed E-state index contributed by atoms with van der Waals surface area (Å²) in [6.45, 7) is 1.71. The summed E-state index contributed by atoms with van der Waals surface area (Å²) in [5.74, 6) is 0.958. The summed E-state index contributed by atoms with van der Waals surface area (Å²) < 4.78 is 0. The zero-order chi connectivity index (χ0) is 11.2. The van der Waals surface area contributed by atoms with Crippen molar-refractivity contribution >= 4 is 0 Å². The van der Waals surface area contributed by atoms with Gasteiger partial charge in [-0.15, -0.1) is 0 Å². The Morgan fingerprint density at radius 2 is 2.38 bits per heavy atom. The highest BCUT2D eigenvalue weighted by molar-refractivity contribution is 5.14. The minimum atomic E-state index is 0.258. The first-order chi connectivity index (χ1) is 7.90. The van der Waals surface area contributed by atoms with Crippen molar-refractivity contribution in [2.75, 3.05) is 13.1 Å². The van der Waals surface area contributed by atoms with E-state index in [4.69, 9.17) is 5.73 Å². The van der Waals surface area contributed by atoms with Gasteiger partial charge in [0.05, 0.1) is 0 Å². The third-order valence-electron chi connectivity index (χ3n) is 3.49. The smallest absolute Gasteiger partial charge is 0.0459 e. The number of rotatable bonds is 6. The molecule has 0 radical (unpaired) electrons. The summed E-state index contributed by atoms with van der Waals surface area (Å²) in [5, 5.41) is 3.52. The van der Waals surface area contributed by atoms with Crippen molar-refractivity contribution in [2.24, 2.45) is 11.7 Å². The van der Waals surface area contributed by atoms with E-state index in [2.05, 4.69) is 16.4 Å². The fourth-order valence-electron chi connectivity index (χ4n) is 2.16. The highest BCUT2D eigenvalue weighted by atomic mass is 14.9. The van der Waals surface area contributed by atoms with E-state index in [1.54, 1.807) is 6.20 Å². The Balaban J connectivity index is 1.76. The quantitative estimate of drug-likeness (QED) is 0.768. The van der Waals surface area contributed by atoms with Crippen molar-refractivity contribution in [3.8, 4) is 0 Å². The van der Waals surface area contributed by atoms with E-state index < -0.39 is 0 Å². The lowest BCUT2D eigenvalue weighted by Crippen LogP contribution is -2.30. The maximum absolute atomic E-state index is 5.78. The molecule has 1 unspecified atom stereocenters. The van der Waals surface area contributed by atoms with Crippen molar-refractivity contribution in [1.82, 2.24) is 10.3 Å². The molecule has 0 aromatic carbocycles. The van der Waals surface area contributed by atoms with Crippen molar-refractivity contribution < 1.29 is 0 Å². The average Bonchev–Trinajstić information content (AvgIpc) is 2.28. The van der Waals surface area contributed by atoms with Gasteiger partial charge in [-0.1, -0.05) is 25.3 Å². The Labute approximate surface area is 97.5 Å². The molecule has 88 valence electrons. The molecule has 1 aromatic heterocycles. The van der Waals surface area contributed by atoms with Gasteiger partial charge in [0, 0.05) is 25.0 Å². The van der Waals surface area contributed by atoms with Crippen LogP contribution in [0.15, 0.2) is 24.5 Å². The molecule has 1 aliphatic carbocycles. The van der Waals surface area contributed by atoms with E-state index in [0.717, 1.165) is 12.5 Å². The molecular formula is C13H21N3. The average molecular weight is 219 g/mol. The van der Waals surface area contributed by atoms with Crippen LogP contribution in [-0.4, -0.2) is 18.1 Å². The van der Waals surface area contributed by atoms with Crippen molar-refractivity contribution in [2.45, 2.75) is 31.7 Å². The van der Waals surface area contributed by atoms with Gasteiger partial charge in [0.1, 0.15) is 0 Å². The van der Waals surface area contributed by atoms with Gasteiger partial charge < -0.3 is 11.1 Å². The second kappa shape index (κ2) is 5.97. The molecule has 0 saturated heterocycles. The first kappa shape index (κ1) is 11.6. The van der Waals surface area contributed by atoms with Crippen molar-refractivity contribution in [3.63, 3.8) is 0 Å². The summed E-state index contributed by atoms with van der Waals surface area (Å²) in [6, 6.07) is 4.31. The standard InChI is InChI=1S/C13H21N3/c14-9-13(12-5-2-7-15-10-12)16-8-6-11-3-1-4-11/h2,5,7,10-11,13,16H,1,3-4,6,8-9,14H2. The second-order valence-corrected chi connectivity index (χ2v) is 4.61. The van der Waals surface area contributed by atoms with Crippen LogP contribution in [0.2, 0.25) is 0 Å². The summed E-state index contributed by atoms with van der Waals surface area (Å²) in [6.07, 6.45) is 9.24. The number of hydrogen-bond donors (Lipinski definition) is 2. The second-order valence-electron chi connectivity index (χ2n) is 4.61. The summed E-state index contributed by atoms with van der Waals surface area (Å²) >= 11 is 0. The minimum Gasteiger partial charge on any atom is -0.329 e. The van der Waals surface area contributed by atoms with Gasteiger partial charge in [-0.25, -0.2) is 0 Å². The first-order valence-electron chi connectivity index (χ1n) is 6.23. The van der Waals surface area contributed by atoms with Crippen LogP contribution in [0.25, 0.3) is 0 Å². The zero-order valence-corrected chi connectivity index (χ0v) is 9.73. The van der Waals surface area contributed by atoms with Crippen LogP contribution in [0.1, 0.15) is 37.3 Å². The van der Waals surface area contributed by atoms with E-state index in [1.165, 1.54) is 31.2 Å². The fourth-order valence-corrected chi connectivity index (χ4v) is 2.16. The molecule has 0 spiro atoms. The van der Waals surface area contributed by atoms with Crippen LogP contribution in [-0.2, 0) is 0 Å². The Hall–Kier alpha value is -0.930. The lowest BCUT2D eigenvalue weighted by molar-refractivity contribution is 0.288. The van der Waals surface area contributed by atoms with Crippen LogP contribution in [0, 0.1) is 5.92 Å². The topological polar surface area (TPSA) is 50.9 Å². The highest BCUT2D eigenvalue weighted by Crippen LogP contribution is 2.28. The number of aromatic nitrogens is 1. The van der Waals surface area contributed by atoms with E-state index in [-0.39, 0.29) is 6.04 Å². The van der Waals surface area contributed by atoms with E-state index >= 15 is 0 Å². The summed E-state index contributed by atoms with van der Waals surface area (Å²) in [4.78, 5) is 4.13. The third-order valence-corrected chi connectivity index (χ3v) is 3.49. The first-order valence-corrected chi connectivity index (χ1v) is 6.23. The monoisotopic (exact) mass is 219 g/mol. The molecule has 1 saturated carbocycles. The van der Waals surface area contributed by atoms with Crippen molar-refractivity contribution in [1.29, 1.82) is 0 Å². The lowest BCUT2D eigenvalue weighted by atomic mass is 9.83. The van der Waals surface area contributed by atoms with Gasteiger partial charge in [0.2, 0.25) is 0 Å². The van der Waals surface area contributed by atoms with Gasteiger partial charge in [-0.3, -0.25) is 4.98 Å². The van der Waals surface area contributed by atoms with Crippen LogP contribution in [0.4, 0.5) is 0 Å². The van der Waals surface area contributed by atoms with Gasteiger partial charge in [0.25, 0.3) is 0 Å². The molecule has 0 amide bonds. The predicted octanol–water partition coefficient (Wildman–Crippen LogP) is 1.86. The van der Waals surface area contributed by atoms with Crippen LogP contribution in [0.3, 0.4) is 0 Å². The Morgan fingerprint density at radius 3 is 2.94 bits per heavy atom. The SMILES string of the molecule is NCC(NCCC1CCC1)c1cccnc1. The molecule has 1 aromatic rings. The molecule has 1 atom stereocenters. The highest BCUT2D eigenvalue weighted by Gasteiger charge is 2.17. The number of nitrogens with two attached hydrogens (primary N) is 1. The Morgan fingerprint density at radius 1 is 1.50 bits per heavy atom. The van der Waals surface area contributed by atoms with Crippen LogP contribution < -0.4 is 11.1 Å². The molecule has 2 rings (SSSR count). The molecule has 1 fully saturated rings. The summed E-state index contributed by atoms with van der Waals surface area (Å²) in [7, 11) is 0. The molecule has 3 N–H and O–H groups in total. The molecule has 3 heteroatoms. The maximum atomic E-state index is 5.78. The molecular weight excluding hydrogens is 198 g/mol. The van der Waals surface area contributed by atoms with Gasteiger partial charge >= 0.3 is 0 Å². The molecule has 1 heterocycles. The number of nitrogens with one attached hydrogen (secondary N) is 1. The molecule has 0 aliphatic heterocycles. The lowest BCUT2D eigenvalue weighted by Gasteiger charge is -2.26.